The van der Waals surface area contributed by atoms with Crippen LogP contribution in [0.1, 0.15) is 26.1 Å². The predicted octanol–water partition coefficient (Wildman–Crippen LogP) is 0.822. The molecule has 0 saturated heterocycles. The second kappa shape index (κ2) is 8.01. The van der Waals surface area contributed by atoms with Crippen LogP contribution >= 0.6 is 0 Å². The van der Waals surface area contributed by atoms with Gasteiger partial charge in [-0.2, -0.15) is 0 Å². The Morgan fingerprint density at radius 3 is 2.15 bits per heavy atom. The third kappa shape index (κ3) is 6.67. The van der Waals surface area contributed by atoms with Gasteiger partial charge in [0.1, 0.15) is 17.5 Å². The van der Waals surface area contributed by atoms with Gasteiger partial charge in [0.15, 0.2) is 0 Å². The monoisotopic (exact) mass is 301 g/mol. The molecule has 0 aliphatic carbocycles. The van der Waals surface area contributed by atoms with Gasteiger partial charge in [-0.25, -0.2) is 23.1 Å². The van der Waals surface area contributed by atoms with E-state index in [0.717, 1.165) is 37.3 Å². The summed E-state index contributed by atoms with van der Waals surface area (Å²) in [6.45, 7) is 5.73. The van der Waals surface area contributed by atoms with E-state index in [0.29, 0.717) is 18.9 Å². The maximum atomic E-state index is 10.9. The fraction of sp³-hybridized carbons (Fsp3) is 0.667. The van der Waals surface area contributed by atoms with E-state index in [1.165, 1.54) is 0 Å². The van der Waals surface area contributed by atoms with Crippen LogP contribution in [-0.4, -0.2) is 44.3 Å². The van der Waals surface area contributed by atoms with Crippen molar-refractivity contribution in [1.29, 1.82) is 0 Å². The van der Waals surface area contributed by atoms with Crippen LogP contribution < -0.4 is 15.4 Å². The molecule has 3 N–H and O–H groups in total. The molecule has 0 aromatic carbocycles. The zero-order chi connectivity index (χ0) is 15.0. The Hall–Kier alpha value is -1.41. The fourth-order valence-electron chi connectivity index (χ4n) is 1.52. The molecule has 0 aliphatic rings. The number of rotatable bonds is 9. The number of nitrogens with one attached hydrogen (secondary N) is 3. The maximum absolute atomic E-state index is 10.9. The minimum atomic E-state index is -3.15. The van der Waals surface area contributed by atoms with Crippen molar-refractivity contribution in [2.24, 2.45) is 0 Å². The van der Waals surface area contributed by atoms with Crippen molar-refractivity contribution >= 4 is 21.7 Å². The Morgan fingerprint density at radius 2 is 1.65 bits per heavy atom. The van der Waals surface area contributed by atoms with Gasteiger partial charge in [-0.15, -0.1) is 0 Å². The molecular weight excluding hydrogens is 278 g/mol. The lowest BCUT2D eigenvalue weighted by Crippen LogP contribution is -2.27. The van der Waals surface area contributed by atoms with Gasteiger partial charge in [0.05, 0.1) is 6.26 Å². The minimum Gasteiger partial charge on any atom is -0.370 e. The molecule has 0 amide bonds. The summed E-state index contributed by atoms with van der Waals surface area (Å²) >= 11 is 0. The Kier molecular flexibility index (Phi) is 6.66. The molecule has 1 rings (SSSR count). The predicted molar refractivity (Wildman–Crippen MR) is 81.5 cm³/mol. The van der Waals surface area contributed by atoms with Crippen LogP contribution in [0, 0.1) is 0 Å². The Balaban J connectivity index is 2.59. The first-order valence-electron chi connectivity index (χ1n) is 6.75. The molecule has 0 saturated carbocycles. The largest absolute Gasteiger partial charge is 0.370 e. The molecule has 1 heterocycles. The van der Waals surface area contributed by atoms with Gasteiger partial charge in [0.2, 0.25) is 10.0 Å². The van der Waals surface area contributed by atoms with E-state index in [4.69, 9.17) is 0 Å². The maximum Gasteiger partial charge on any atom is 0.208 e. The molecule has 1 aromatic rings. The van der Waals surface area contributed by atoms with E-state index in [1.807, 2.05) is 13.0 Å². The molecule has 20 heavy (non-hydrogen) atoms. The molecular formula is C12H23N5O2S. The lowest BCUT2D eigenvalue weighted by molar-refractivity contribution is 0.589. The Labute approximate surface area is 120 Å². The summed E-state index contributed by atoms with van der Waals surface area (Å²) in [5.41, 5.74) is 0. The molecule has 114 valence electrons. The number of sulfonamides is 1. The number of hydrogen-bond acceptors (Lipinski definition) is 6. The quantitative estimate of drug-likeness (QED) is 0.585. The van der Waals surface area contributed by atoms with Gasteiger partial charge in [0, 0.05) is 32.1 Å². The topological polar surface area (TPSA) is 96.0 Å². The van der Waals surface area contributed by atoms with Crippen LogP contribution in [0.25, 0.3) is 0 Å². The fourth-order valence-corrected chi connectivity index (χ4v) is 1.99. The zero-order valence-corrected chi connectivity index (χ0v) is 13.0. The number of aromatic nitrogens is 2. The van der Waals surface area contributed by atoms with Crippen LogP contribution in [0.4, 0.5) is 11.6 Å². The summed E-state index contributed by atoms with van der Waals surface area (Å²) in [6.07, 6.45) is 2.91. The van der Waals surface area contributed by atoms with Crippen molar-refractivity contribution in [2.75, 3.05) is 36.5 Å². The number of anilines is 2. The molecule has 0 fully saturated rings. The summed E-state index contributed by atoms with van der Waals surface area (Å²) in [5.74, 6) is 2.24. The first-order valence-corrected chi connectivity index (χ1v) is 8.64. The number of hydrogen-bond donors (Lipinski definition) is 3. The molecule has 0 unspecified atom stereocenters. The van der Waals surface area contributed by atoms with Crippen LogP contribution in [-0.2, 0) is 16.4 Å². The van der Waals surface area contributed by atoms with Gasteiger partial charge in [0.25, 0.3) is 0 Å². The molecule has 8 heteroatoms. The smallest absolute Gasteiger partial charge is 0.208 e. The SMILES string of the molecule is CCCNc1cc(NCCNS(C)(=O)=O)nc(CC)n1. The van der Waals surface area contributed by atoms with Crippen molar-refractivity contribution in [2.45, 2.75) is 26.7 Å². The third-order valence-corrected chi connectivity index (χ3v) is 3.17. The van der Waals surface area contributed by atoms with Gasteiger partial charge < -0.3 is 10.6 Å². The van der Waals surface area contributed by atoms with Gasteiger partial charge in [-0.05, 0) is 6.42 Å². The normalized spacial score (nSPS) is 11.3. The van der Waals surface area contributed by atoms with Crippen LogP contribution in [0.15, 0.2) is 6.07 Å². The third-order valence-electron chi connectivity index (χ3n) is 2.44. The molecule has 7 nitrogen and oxygen atoms in total. The summed E-state index contributed by atoms with van der Waals surface area (Å²) in [4.78, 5) is 8.74. The zero-order valence-electron chi connectivity index (χ0n) is 12.2. The Morgan fingerprint density at radius 1 is 1.05 bits per heavy atom. The second-order valence-corrected chi connectivity index (χ2v) is 6.26. The second-order valence-electron chi connectivity index (χ2n) is 4.43. The van der Waals surface area contributed by atoms with E-state index >= 15 is 0 Å². The van der Waals surface area contributed by atoms with Gasteiger partial charge in [-0.3, -0.25) is 0 Å². The average Bonchev–Trinajstić information content (AvgIpc) is 2.40. The number of nitrogens with zero attached hydrogens (tertiary/aromatic N) is 2. The van der Waals surface area contributed by atoms with Crippen molar-refractivity contribution in [1.82, 2.24) is 14.7 Å². The lowest BCUT2D eigenvalue weighted by Gasteiger charge is -2.10. The van der Waals surface area contributed by atoms with Gasteiger partial charge in [-0.1, -0.05) is 13.8 Å². The molecule has 0 aliphatic heterocycles. The van der Waals surface area contributed by atoms with Crippen molar-refractivity contribution in [3.05, 3.63) is 11.9 Å². The highest BCUT2D eigenvalue weighted by Gasteiger charge is 2.04. The first-order chi connectivity index (χ1) is 9.44. The highest BCUT2D eigenvalue weighted by molar-refractivity contribution is 7.88. The van der Waals surface area contributed by atoms with Crippen molar-refractivity contribution < 1.29 is 8.42 Å². The molecule has 0 bridgehead atoms. The standard InChI is InChI=1S/C12H23N5O2S/c1-4-6-13-11-9-12(17-10(5-2)16-11)14-7-8-15-20(3,18)19/h9,15H,4-8H2,1-3H3,(H2,13,14,16,17). The molecule has 0 radical (unpaired) electrons. The summed E-state index contributed by atoms with van der Waals surface area (Å²) in [7, 11) is -3.15. The highest BCUT2D eigenvalue weighted by Crippen LogP contribution is 2.11. The highest BCUT2D eigenvalue weighted by atomic mass is 32.2. The van der Waals surface area contributed by atoms with Gasteiger partial charge >= 0.3 is 0 Å². The molecule has 0 atom stereocenters. The van der Waals surface area contributed by atoms with Crippen LogP contribution in [0.3, 0.4) is 0 Å². The van der Waals surface area contributed by atoms with Crippen molar-refractivity contribution in [3.8, 4) is 0 Å². The van der Waals surface area contributed by atoms with Crippen molar-refractivity contribution in [3.63, 3.8) is 0 Å². The van der Waals surface area contributed by atoms with E-state index < -0.39 is 10.0 Å². The van der Waals surface area contributed by atoms with E-state index in [1.54, 1.807) is 0 Å². The number of aryl methyl sites for hydroxylation is 1. The van der Waals surface area contributed by atoms with E-state index in [-0.39, 0.29) is 0 Å². The first kappa shape index (κ1) is 16.6. The van der Waals surface area contributed by atoms with E-state index in [2.05, 4.69) is 32.2 Å². The molecule has 1 aromatic heterocycles. The summed E-state index contributed by atoms with van der Waals surface area (Å²) < 4.78 is 24.3. The lowest BCUT2D eigenvalue weighted by atomic mass is 10.4. The molecule has 0 spiro atoms. The average molecular weight is 301 g/mol. The van der Waals surface area contributed by atoms with Crippen LogP contribution in [0.5, 0.6) is 0 Å². The summed E-state index contributed by atoms with van der Waals surface area (Å²) in [5, 5.41) is 6.31. The van der Waals surface area contributed by atoms with Crippen LogP contribution in [0.2, 0.25) is 0 Å². The summed E-state index contributed by atoms with van der Waals surface area (Å²) in [6, 6.07) is 1.83. The minimum absolute atomic E-state index is 0.321. The van der Waals surface area contributed by atoms with E-state index in [9.17, 15) is 8.42 Å². The Bertz CT molecular complexity index is 519.